The number of methoxy groups -OCH3 is 1. The summed E-state index contributed by atoms with van der Waals surface area (Å²) >= 11 is 0. The van der Waals surface area contributed by atoms with Crippen LogP contribution in [0.5, 0.6) is 5.75 Å². The van der Waals surface area contributed by atoms with E-state index in [1.165, 1.54) is 0 Å². The third kappa shape index (κ3) is 3.99. The van der Waals surface area contributed by atoms with Crippen molar-refractivity contribution in [2.45, 2.75) is 40.3 Å². The van der Waals surface area contributed by atoms with Gasteiger partial charge in [0, 0.05) is 11.3 Å². The summed E-state index contributed by atoms with van der Waals surface area (Å²) in [5.74, 6) is 1.54. The van der Waals surface area contributed by atoms with E-state index in [1.54, 1.807) is 11.7 Å². The van der Waals surface area contributed by atoms with E-state index in [9.17, 15) is 9.90 Å². The maximum absolute atomic E-state index is 12.8. The smallest absolute Gasteiger partial charge is 0.257 e. The van der Waals surface area contributed by atoms with Crippen molar-refractivity contribution in [2.24, 2.45) is 5.92 Å². The molecule has 2 rings (SSSR count). The molecule has 5 nitrogen and oxygen atoms in total. The van der Waals surface area contributed by atoms with Crippen molar-refractivity contribution in [3.63, 3.8) is 0 Å². The molecule has 0 saturated heterocycles. The lowest BCUT2D eigenvalue weighted by atomic mass is 10.0. The van der Waals surface area contributed by atoms with Crippen LogP contribution in [0.3, 0.4) is 0 Å². The fraction of sp³-hybridized carbons (Fsp3) is 0.444. The summed E-state index contributed by atoms with van der Waals surface area (Å²) in [6, 6.07) is 7.54. The molecule has 0 amide bonds. The SMILES string of the molecule is COc1ccc(Cn2c(CO)nc(C)c(CC(C)C)c2=O)cc1. The highest BCUT2D eigenvalue weighted by Crippen LogP contribution is 2.14. The van der Waals surface area contributed by atoms with Gasteiger partial charge in [0.15, 0.2) is 0 Å². The molecule has 0 spiro atoms. The van der Waals surface area contributed by atoms with Gasteiger partial charge in [0.05, 0.1) is 13.7 Å². The number of hydrogen-bond acceptors (Lipinski definition) is 4. The molecule has 5 heteroatoms. The first-order valence-electron chi connectivity index (χ1n) is 7.79. The number of hydrogen-bond donors (Lipinski definition) is 1. The highest BCUT2D eigenvalue weighted by Gasteiger charge is 2.15. The van der Waals surface area contributed by atoms with E-state index in [1.807, 2.05) is 31.2 Å². The molecule has 0 aliphatic rings. The number of ether oxygens (including phenoxy) is 1. The minimum atomic E-state index is -0.256. The molecule has 0 unspecified atom stereocenters. The number of rotatable bonds is 6. The van der Waals surface area contributed by atoms with Crippen molar-refractivity contribution in [1.82, 2.24) is 9.55 Å². The molecular weight excluding hydrogens is 292 g/mol. The normalized spacial score (nSPS) is 11.0. The fourth-order valence-electron chi connectivity index (χ4n) is 2.60. The maximum Gasteiger partial charge on any atom is 0.257 e. The monoisotopic (exact) mass is 316 g/mol. The summed E-state index contributed by atoms with van der Waals surface area (Å²) in [6.07, 6.45) is 0.686. The zero-order chi connectivity index (χ0) is 17.0. The van der Waals surface area contributed by atoms with Gasteiger partial charge >= 0.3 is 0 Å². The van der Waals surface area contributed by atoms with Gasteiger partial charge in [0.1, 0.15) is 18.2 Å². The van der Waals surface area contributed by atoms with Crippen LogP contribution in [0.4, 0.5) is 0 Å². The van der Waals surface area contributed by atoms with Gasteiger partial charge in [-0.25, -0.2) is 4.98 Å². The Bertz CT molecular complexity index is 718. The molecule has 0 aliphatic heterocycles. The van der Waals surface area contributed by atoms with Crippen LogP contribution >= 0.6 is 0 Å². The van der Waals surface area contributed by atoms with Crippen LogP contribution in [0.1, 0.15) is 36.5 Å². The van der Waals surface area contributed by atoms with E-state index in [0.717, 1.165) is 16.9 Å². The lowest BCUT2D eigenvalue weighted by Crippen LogP contribution is -2.30. The van der Waals surface area contributed by atoms with Crippen molar-refractivity contribution >= 4 is 0 Å². The summed E-state index contributed by atoms with van der Waals surface area (Å²) in [5, 5.41) is 9.56. The van der Waals surface area contributed by atoms with Gasteiger partial charge in [-0.2, -0.15) is 0 Å². The van der Waals surface area contributed by atoms with E-state index >= 15 is 0 Å². The van der Waals surface area contributed by atoms with Gasteiger partial charge in [-0.1, -0.05) is 26.0 Å². The lowest BCUT2D eigenvalue weighted by Gasteiger charge is -2.16. The molecule has 0 fully saturated rings. The second-order valence-electron chi connectivity index (χ2n) is 6.09. The van der Waals surface area contributed by atoms with Gasteiger partial charge in [-0.15, -0.1) is 0 Å². The number of aromatic nitrogens is 2. The van der Waals surface area contributed by atoms with Crippen LogP contribution in [-0.4, -0.2) is 21.8 Å². The third-order valence-electron chi connectivity index (χ3n) is 3.80. The third-order valence-corrected chi connectivity index (χ3v) is 3.80. The summed E-state index contributed by atoms with van der Waals surface area (Å²) in [5.41, 5.74) is 2.33. The van der Waals surface area contributed by atoms with Crippen molar-refractivity contribution in [3.8, 4) is 5.75 Å². The Balaban J connectivity index is 2.44. The molecule has 1 N–H and O–H groups in total. The minimum Gasteiger partial charge on any atom is -0.497 e. The molecule has 2 aromatic rings. The van der Waals surface area contributed by atoms with Gasteiger partial charge < -0.3 is 9.84 Å². The van der Waals surface area contributed by atoms with Crippen molar-refractivity contribution < 1.29 is 9.84 Å². The standard InChI is InChI=1S/C18H24N2O3/c1-12(2)9-16-13(3)19-17(11-21)20(18(16)22)10-14-5-7-15(23-4)8-6-14/h5-8,12,21H,9-11H2,1-4H3. The van der Waals surface area contributed by atoms with Gasteiger partial charge in [-0.05, 0) is 37.0 Å². The molecule has 1 aromatic heterocycles. The molecule has 0 bridgehead atoms. The molecule has 1 aromatic carbocycles. The minimum absolute atomic E-state index is 0.0638. The molecular formula is C18H24N2O3. The number of aliphatic hydroxyl groups is 1. The lowest BCUT2D eigenvalue weighted by molar-refractivity contribution is 0.262. The predicted molar refractivity (Wildman–Crippen MR) is 89.8 cm³/mol. The molecule has 0 atom stereocenters. The highest BCUT2D eigenvalue weighted by molar-refractivity contribution is 5.28. The fourth-order valence-corrected chi connectivity index (χ4v) is 2.60. The Hall–Kier alpha value is -2.14. The van der Waals surface area contributed by atoms with E-state index < -0.39 is 0 Å². The first kappa shape index (κ1) is 17.2. The second-order valence-corrected chi connectivity index (χ2v) is 6.09. The molecule has 0 aliphatic carbocycles. The first-order chi connectivity index (χ1) is 11.0. The summed E-state index contributed by atoms with van der Waals surface area (Å²) in [4.78, 5) is 17.2. The van der Waals surface area contributed by atoms with Crippen LogP contribution < -0.4 is 10.3 Å². The van der Waals surface area contributed by atoms with E-state index in [2.05, 4.69) is 18.8 Å². The summed E-state index contributed by atoms with van der Waals surface area (Å²) < 4.78 is 6.71. The quantitative estimate of drug-likeness (QED) is 0.888. The zero-order valence-corrected chi connectivity index (χ0v) is 14.2. The van der Waals surface area contributed by atoms with Gasteiger partial charge in [0.2, 0.25) is 0 Å². The van der Waals surface area contributed by atoms with E-state index in [4.69, 9.17) is 4.74 Å². The molecule has 0 radical (unpaired) electrons. The molecule has 124 valence electrons. The van der Waals surface area contributed by atoms with Gasteiger partial charge in [0.25, 0.3) is 5.56 Å². The zero-order valence-electron chi connectivity index (χ0n) is 14.2. The number of benzene rings is 1. The van der Waals surface area contributed by atoms with Crippen molar-refractivity contribution in [2.75, 3.05) is 7.11 Å². The van der Waals surface area contributed by atoms with Crippen molar-refractivity contribution in [3.05, 3.63) is 57.3 Å². The topological polar surface area (TPSA) is 64.3 Å². The van der Waals surface area contributed by atoms with Crippen LogP contribution in [0.25, 0.3) is 0 Å². The maximum atomic E-state index is 12.8. The van der Waals surface area contributed by atoms with E-state index in [0.29, 0.717) is 30.4 Å². The average molecular weight is 316 g/mol. The van der Waals surface area contributed by atoms with Crippen molar-refractivity contribution in [1.29, 1.82) is 0 Å². The Morgan fingerprint density at radius 2 is 1.91 bits per heavy atom. The Morgan fingerprint density at radius 1 is 1.26 bits per heavy atom. The largest absolute Gasteiger partial charge is 0.497 e. The van der Waals surface area contributed by atoms with Crippen LogP contribution in [0.15, 0.2) is 29.1 Å². The number of nitrogens with zero attached hydrogens (tertiary/aromatic N) is 2. The van der Waals surface area contributed by atoms with Gasteiger partial charge in [-0.3, -0.25) is 9.36 Å². The van der Waals surface area contributed by atoms with Crippen LogP contribution in [-0.2, 0) is 19.6 Å². The molecule has 1 heterocycles. The Labute approximate surface area is 136 Å². The number of aryl methyl sites for hydroxylation is 1. The number of aliphatic hydroxyl groups excluding tert-OH is 1. The predicted octanol–water partition coefficient (Wildman–Crippen LogP) is 2.30. The van der Waals surface area contributed by atoms with Crippen LogP contribution in [0.2, 0.25) is 0 Å². The summed E-state index contributed by atoms with van der Waals surface area (Å²) in [7, 11) is 1.62. The summed E-state index contributed by atoms with van der Waals surface area (Å²) in [6.45, 7) is 6.11. The first-order valence-corrected chi connectivity index (χ1v) is 7.79. The average Bonchev–Trinajstić information content (AvgIpc) is 2.54. The van der Waals surface area contributed by atoms with Crippen LogP contribution in [0, 0.1) is 12.8 Å². The molecule has 0 saturated carbocycles. The van der Waals surface area contributed by atoms with E-state index in [-0.39, 0.29) is 12.2 Å². The Kier molecular flexibility index (Phi) is 5.55. The highest BCUT2D eigenvalue weighted by atomic mass is 16.5. The Morgan fingerprint density at radius 3 is 2.43 bits per heavy atom. The second kappa shape index (κ2) is 7.42. The molecule has 23 heavy (non-hydrogen) atoms.